The number of halogens is 2. The number of carbonyl (C=O) groups is 1. The molecule has 0 aliphatic carbocycles. The van der Waals surface area contributed by atoms with Gasteiger partial charge < -0.3 is 10.4 Å². The lowest BCUT2D eigenvalue weighted by Gasteiger charge is -2.39. The molecule has 1 fully saturated rings. The molecule has 2 rings (SSSR count). The van der Waals surface area contributed by atoms with E-state index in [1.165, 1.54) is 0 Å². The van der Waals surface area contributed by atoms with Crippen molar-refractivity contribution in [2.45, 2.75) is 26.3 Å². The van der Waals surface area contributed by atoms with Gasteiger partial charge in [0.05, 0.1) is 11.3 Å². The van der Waals surface area contributed by atoms with E-state index in [0.717, 1.165) is 24.0 Å². The Labute approximate surface area is 120 Å². The first-order valence-corrected chi connectivity index (χ1v) is 7.53. The van der Waals surface area contributed by atoms with Crippen molar-refractivity contribution in [2.75, 3.05) is 16.8 Å². The molecule has 0 aromatic heterocycles. The molecule has 1 aliphatic rings. The lowest BCUT2D eigenvalue weighted by atomic mass is 9.82. The monoisotopic (exact) mass is 301 g/mol. The molecule has 110 valence electrons. The number of carboxylic acid groups (broad SMARTS) is 1. The molecule has 6 heteroatoms. The molecule has 3 nitrogen and oxygen atoms in total. The van der Waals surface area contributed by atoms with E-state index in [0.29, 0.717) is 6.07 Å². The normalized spacial score (nSPS) is 21.5. The van der Waals surface area contributed by atoms with Crippen molar-refractivity contribution in [3.63, 3.8) is 0 Å². The lowest BCUT2D eigenvalue weighted by Crippen LogP contribution is -2.41. The third kappa shape index (κ3) is 3.06. The van der Waals surface area contributed by atoms with Crippen LogP contribution in [-0.2, 0) is 0 Å². The summed E-state index contributed by atoms with van der Waals surface area (Å²) in [6.07, 6.45) is 0.990. The topological polar surface area (TPSA) is 49.3 Å². The number of anilines is 1. The van der Waals surface area contributed by atoms with Gasteiger partial charge in [-0.05, 0) is 23.7 Å². The molecule has 1 aromatic carbocycles. The SMILES string of the molecule is CC1(C)CCSCC1Nc1cc(C(=O)O)c(F)cc1F. The molecule has 0 amide bonds. The fraction of sp³-hybridized carbons (Fsp3) is 0.500. The summed E-state index contributed by atoms with van der Waals surface area (Å²) in [6.45, 7) is 4.17. The number of carboxylic acids is 1. The minimum atomic E-state index is -1.40. The molecule has 0 saturated carbocycles. The van der Waals surface area contributed by atoms with Gasteiger partial charge >= 0.3 is 5.97 Å². The predicted molar refractivity (Wildman–Crippen MR) is 76.5 cm³/mol. The van der Waals surface area contributed by atoms with Gasteiger partial charge in [0.25, 0.3) is 0 Å². The molecule has 0 radical (unpaired) electrons. The van der Waals surface area contributed by atoms with Crippen molar-refractivity contribution in [2.24, 2.45) is 5.41 Å². The van der Waals surface area contributed by atoms with Crippen LogP contribution in [0, 0.1) is 17.0 Å². The summed E-state index contributed by atoms with van der Waals surface area (Å²) in [7, 11) is 0. The van der Waals surface area contributed by atoms with Gasteiger partial charge in [0.2, 0.25) is 0 Å². The Morgan fingerprint density at radius 2 is 2.10 bits per heavy atom. The molecule has 0 spiro atoms. The Balaban J connectivity index is 2.29. The third-order valence-corrected chi connectivity index (χ3v) is 4.80. The first kappa shape index (κ1) is 15.1. The van der Waals surface area contributed by atoms with Gasteiger partial charge in [-0.1, -0.05) is 13.8 Å². The Morgan fingerprint density at radius 3 is 2.70 bits per heavy atom. The summed E-state index contributed by atoms with van der Waals surface area (Å²) < 4.78 is 27.2. The number of benzene rings is 1. The highest BCUT2D eigenvalue weighted by atomic mass is 32.2. The zero-order valence-electron chi connectivity index (χ0n) is 11.4. The van der Waals surface area contributed by atoms with Gasteiger partial charge in [0.1, 0.15) is 11.6 Å². The highest BCUT2D eigenvalue weighted by Gasteiger charge is 2.33. The average Bonchev–Trinajstić information content (AvgIpc) is 2.34. The van der Waals surface area contributed by atoms with Crippen LogP contribution in [0.2, 0.25) is 0 Å². The van der Waals surface area contributed by atoms with E-state index in [1.807, 2.05) is 0 Å². The van der Waals surface area contributed by atoms with Crippen LogP contribution in [-0.4, -0.2) is 28.6 Å². The van der Waals surface area contributed by atoms with Crippen molar-refractivity contribution in [1.82, 2.24) is 0 Å². The van der Waals surface area contributed by atoms with Crippen LogP contribution in [0.1, 0.15) is 30.6 Å². The van der Waals surface area contributed by atoms with Crippen LogP contribution in [0.25, 0.3) is 0 Å². The smallest absolute Gasteiger partial charge is 0.338 e. The van der Waals surface area contributed by atoms with Gasteiger partial charge in [-0.25, -0.2) is 13.6 Å². The number of aromatic carboxylic acids is 1. The van der Waals surface area contributed by atoms with Crippen LogP contribution in [0.4, 0.5) is 14.5 Å². The Kier molecular flexibility index (Phi) is 4.22. The molecule has 1 atom stereocenters. The second-order valence-electron chi connectivity index (χ2n) is 5.63. The fourth-order valence-electron chi connectivity index (χ4n) is 2.18. The van der Waals surface area contributed by atoms with Crippen molar-refractivity contribution < 1.29 is 18.7 Å². The highest BCUT2D eigenvalue weighted by molar-refractivity contribution is 7.99. The number of hydrogen-bond donors (Lipinski definition) is 2. The summed E-state index contributed by atoms with van der Waals surface area (Å²) in [4.78, 5) is 10.9. The Bertz CT molecular complexity index is 534. The standard InChI is InChI=1S/C14H17F2NO2S/c1-14(2)3-4-20-7-12(14)17-11-5-8(13(18)19)9(15)6-10(11)16/h5-6,12,17H,3-4,7H2,1-2H3,(H,18,19). The summed E-state index contributed by atoms with van der Waals surface area (Å²) in [5.41, 5.74) is -0.491. The largest absolute Gasteiger partial charge is 0.478 e. The summed E-state index contributed by atoms with van der Waals surface area (Å²) in [5.74, 6) is -1.36. The predicted octanol–water partition coefficient (Wildman–Crippen LogP) is 3.61. The quantitative estimate of drug-likeness (QED) is 0.895. The fourth-order valence-corrected chi connectivity index (χ4v) is 3.79. The van der Waals surface area contributed by atoms with E-state index < -0.39 is 23.2 Å². The summed E-state index contributed by atoms with van der Waals surface area (Å²) >= 11 is 1.77. The zero-order chi connectivity index (χ0) is 14.9. The Hall–Kier alpha value is -1.30. The van der Waals surface area contributed by atoms with Gasteiger partial charge in [-0.3, -0.25) is 0 Å². The van der Waals surface area contributed by atoms with E-state index in [4.69, 9.17) is 5.11 Å². The van der Waals surface area contributed by atoms with Crippen LogP contribution < -0.4 is 5.32 Å². The van der Waals surface area contributed by atoms with E-state index in [9.17, 15) is 13.6 Å². The Morgan fingerprint density at radius 1 is 1.40 bits per heavy atom. The molecule has 20 heavy (non-hydrogen) atoms. The van der Waals surface area contributed by atoms with Crippen molar-refractivity contribution in [1.29, 1.82) is 0 Å². The molecule has 1 heterocycles. The van der Waals surface area contributed by atoms with Gasteiger partial charge in [0, 0.05) is 17.9 Å². The maximum Gasteiger partial charge on any atom is 0.338 e. The maximum atomic E-state index is 13.8. The molecule has 2 N–H and O–H groups in total. The molecule has 0 bridgehead atoms. The van der Waals surface area contributed by atoms with Crippen LogP contribution in [0.5, 0.6) is 0 Å². The number of thioether (sulfide) groups is 1. The molecular formula is C14H17F2NO2S. The second-order valence-corrected chi connectivity index (χ2v) is 6.78. The first-order valence-electron chi connectivity index (χ1n) is 6.38. The van der Waals surface area contributed by atoms with E-state index >= 15 is 0 Å². The van der Waals surface area contributed by atoms with Crippen molar-refractivity contribution in [3.8, 4) is 0 Å². The van der Waals surface area contributed by atoms with Crippen molar-refractivity contribution in [3.05, 3.63) is 29.3 Å². The van der Waals surface area contributed by atoms with Gasteiger partial charge in [-0.2, -0.15) is 11.8 Å². The zero-order valence-corrected chi connectivity index (χ0v) is 12.2. The van der Waals surface area contributed by atoms with Crippen LogP contribution in [0.15, 0.2) is 12.1 Å². The van der Waals surface area contributed by atoms with Gasteiger partial charge in [-0.15, -0.1) is 0 Å². The molecular weight excluding hydrogens is 284 g/mol. The molecule has 1 saturated heterocycles. The summed E-state index contributed by atoms with van der Waals surface area (Å²) in [5, 5.41) is 11.9. The molecule has 1 aliphatic heterocycles. The third-order valence-electron chi connectivity index (χ3n) is 3.74. The summed E-state index contributed by atoms with van der Waals surface area (Å²) in [6, 6.07) is 1.67. The van der Waals surface area contributed by atoms with Crippen molar-refractivity contribution >= 4 is 23.4 Å². The lowest BCUT2D eigenvalue weighted by molar-refractivity contribution is 0.0692. The van der Waals surface area contributed by atoms with Crippen LogP contribution >= 0.6 is 11.8 Å². The van der Waals surface area contributed by atoms with Crippen LogP contribution in [0.3, 0.4) is 0 Å². The van der Waals surface area contributed by atoms with E-state index in [2.05, 4.69) is 19.2 Å². The van der Waals surface area contributed by atoms with Gasteiger partial charge in [0.15, 0.2) is 0 Å². The number of nitrogens with one attached hydrogen (secondary N) is 1. The number of rotatable bonds is 3. The van der Waals surface area contributed by atoms with E-state index in [1.54, 1.807) is 11.8 Å². The minimum Gasteiger partial charge on any atom is -0.478 e. The second kappa shape index (κ2) is 5.60. The first-order chi connectivity index (χ1) is 9.31. The molecule has 1 aromatic rings. The highest BCUT2D eigenvalue weighted by Crippen LogP contribution is 2.36. The molecule has 1 unspecified atom stereocenters. The minimum absolute atomic E-state index is 0.0165. The van der Waals surface area contributed by atoms with E-state index in [-0.39, 0.29) is 17.1 Å². The maximum absolute atomic E-state index is 13.8. The number of hydrogen-bond acceptors (Lipinski definition) is 3. The average molecular weight is 301 g/mol.